The summed E-state index contributed by atoms with van der Waals surface area (Å²) in [4.78, 5) is 38.5. The number of esters is 1. The molecule has 0 saturated carbocycles. The SMILES string of the molecule is C#C[C@]1(CO[P@@](=O)(N[C@@H](Cc2cc(F)cc(F)c2)C(=O)OC(C)C)Oc2ccccc2)O[C@@H](n2cnc3c(N)nc(F)nc32)C[C@@H]1OC(=O)OC(CCCC)CCCC. The van der Waals surface area contributed by atoms with Gasteiger partial charge in [0.25, 0.3) is 0 Å². The molecule has 2 aromatic heterocycles. The van der Waals surface area contributed by atoms with E-state index in [4.69, 9.17) is 40.2 Å². The van der Waals surface area contributed by atoms with Crippen LogP contribution < -0.4 is 15.3 Å². The topological polar surface area (TPSA) is 188 Å². The minimum absolute atomic E-state index is 0.0191. The number of hydrogen-bond acceptors (Lipinski definition) is 13. The van der Waals surface area contributed by atoms with E-state index in [9.17, 15) is 27.3 Å². The van der Waals surface area contributed by atoms with Crippen molar-refractivity contribution in [1.29, 1.82) is 0 Å². The van der Waals surface area contributed by atoms with Gasteiger partial charge in [0.2, 0.25) is 0 Å². The number of rotatable bonds is 20. The smallest absolute Gasteiger partial charge is 0.462 e. The van der Waals surface area contributed by atoms with Crippen LogP contribution in [0.3, 0.4) is 0 Å². The van der Waals surface area contributed by atoms with Crippen molar-refractivity contribution in [3.8, 4) is 18.1 Å². The fourth-order valence-corrected chi connectivity index (χ4v) is 7.94. The summed E-state index contributed by atoms with van der Waals surface area (Å²) in [7, 11) is -4.80. The number of nitrogens with zero attached hydrogens (tertiary/aromatic N) is 4. The third kappa shape index (κ3) is 11.9. The molecule has 59 heavy (non-hydrogen) atoms. The van der Waals surface area contributed by atoms with Gasteiger partial charge in [0.15, 0.2) is 28.7 Å². The molecule has 1 fully saturated rings. The molecule has 15 nitrogen and oxygen atoms in total. The van der Waals surface area contributed by atoms with Gasteiger partial charge in [0, 0.05) is 12.5 Å². The summed E-state index contributed by atoms with van der Waals surface area (Å²) >= 11 is 0. The summed E-state index contributed by atoms with van der Waals surface area (Å²) in [6.07, 6.45) is 5.54. The zero-order valence-electron chi connectivity index (χ0n) is 33.1. The third-order valence-corrected chi connectivity index (χ3v) is 10.8. The minimum Gasteiger partial charge on any atom is -0.462 e. The lowest BCUT2D eigenvalue weighted by atomic mass is 9.99. The average Bonchev–Trinajstić information content (AvgIpc) is 3.76. The first-order chi connectivity index (χ1) is 28.2. The Labute approximate surface area is 340 Å². The normalized spacial score (nSPS) is 19.3. The van der Waals surface area contributed by atoms with Gasteiger partial charge in [-0.15, -0.1) is 6.42 Å². The molecule has 5 atom stereocenters. The highest BCUT2D eigenvalue weighted by atomic mass is 31.2. The number of para-hydroxylation sites is 1. The number of anilines is 1. The molecule has 19 heteroatoms. The largest absolute Gasteiger partial charge is 0.508 e. The second-order valence-corrected chi connectivity index (χ2v) is 15.9. The molecule has 3 heterocycles. The number of fused-ring (bicyclic) bond motifs is 1. The number of nitrogens with one attached hydrogen (secondary N) is 1. The van der Waals surface area contributed by atoms with Crippen LogP contribution in [0.4, 0.5) is 23.8 Å². The van der Waals surface area contributed by atoms with Crippen molar-refractivity contribution in [3.63, 3.8) is 0 Å². The second-order valence-electron chi connectivity index (χ2n) is 14.2. The van der Waals surface area contributed by atoms with Gasteiger partial charge in [-0.25, -0.2) is 23.1 Å². The number of unbranched alkanes of at least 4 members (excludes halogenated alkanes) is 2. The predicted octanol–water partition coefficient (Wildman–Crippen LogP) is 7.74. The predicted molar refractivity (Wildman–Crippen MR) is 209 cm³/mol. The molecule has 318 valence electrons. The number of hydrogen-bond donors (Lipinski definition) is 2. The van der Waals surface area contributed by atoms with Crippen LogP contribution in [-0.2, 0) is 39.3 Å². The number of halogens is 3. The van der Waals surface area contributed by atoms with Gasteiger partial charge in [-0.2, -0.15) is 19.4 Å². The van der Waals surface area contributed by atoms with Crippen LogP contribution in [0.15, 0.2) is 54.9 Å². The molecule has 0 aliphatic carbocycles. The van der Waals surface area contributed by atoms with Gasteiger partial charge in [0.1, 0.15) is 42.4 Å². The molecule has 0 bridgehead atoms. The molecule has 1 saturated heterocycles. The lowest BCUT2D eigenvalue weighted by Gasteiger charge is -2.31. The fourth-order valence-electron chi connectivity index (χ4n) is 6.42. The Kier molecular flexibility index (Phi) is 15.3. The lowest BCUT2D eigenvalue weighted by Crippen LogP contribution is -2.46. The van der Waals surface area contributed by atoms with E-state index in [1.54, 1.807) is 32.0 Å². The number of ether oxygens (including phenoxy) is 4. The fraction of sp³-hybridized carbons (Fsp3) is 0.475. The van der Waals surface area contributed by atoms with Gasteiger partial charge in [-0.1, -0.05) is 63.7 Å². The summed E-state index contributed by atoms with van der Waals surface area (Å²) < 4.78 is 94.4. The molecule has 0 unspecified atom stereocenters. The number of aromatic nitrogens is 4. The standard InChI is InChI=1S/C40H48F3N6O9P/c1-6-9-14-29(15-10-7-2)55-39(51)56-32-22-33(49-24-45-34-35(44)46-38(43)47-36(34)49)57-40(32,8-3)23-53-59(52,58-30-16-12-11-13-17-30)48-31(37(50)54-25(4)5)20-26-18-27(41)21-28(42)19-26/h3,11-13,16-19,21,24-25,29,31-33H,6-7,9-10,14-15,20,22-23H2,1-2,4-5H3,(H,48,52)(H2,44,46,47)/t31-,32-,33+,40+,59-/m0/s1. The molecule has 3 N–H and O–H groups in total. The second kappa shape index (κ2) is 20.2. The Morgan fingerprint density at radius 1 is 1.07 bits per heavy atom. The van der Waals surface area contributed by atoms with Gasteiger partial charge in [-0.3, -0.25) is 13.9 Å². The summed E-state index contributed by atoms with van der Waals surface area (Å²) in [5.41, 5.74) is 3.85. The molecule has 2 aromatic carbocycles. The molecule has 1 aliphatic heterocycles. The van der Waals surface area contributed by atoms with E-state index in [0.29, 0.717) is 18.9 Å². The first kappa shape index (κ1) is 44.9. The lowest BCUT2D eigenvalue weighted by molar-refractivity contribution is -0.149. The number of carbonyl (C=O) groups is 2. The molecule has 0 radical (unpaired) electrons. The molecule has 4 aromatic rings. The summed E-state index contributed by atoms with van der Waals surface area (Å²) in [5, 5.41) is 2.58. The highest BCUT2D eigenvalue weighted by molar-refractivity contribution is 7.52. The van der Waals surface area contributed by atoms with E-state index in [2.05, 4.69) is 26.0 Å². The van der Waals surface area contributed by atoms with Crippen molar-refractivity contribution in [3.05, 3.63) is 78.1 Å². The Hall–Kier alpha value is -5.21. The molecule has 0 amide bonds. The Morgan fingerprint density at radius 3 is 2.37 bits per heavy atom. The van der Waals surface area contributed by atoms with Crippen LogP contribution >= 0.6 is 7.75 Å². The minimum atomic E-state index is -4.80. The zero-order valence-corrected chi connectivity index (χ0v) is 34.0. The van der Waals surface area contributed by atoms with E-state index in [0.717, 1.165) is 37.8 Å². The van der Waals surface area contributed by atoms with Crippen molar-refractivity contribution < 1.29 is 55.3 Å². The van der Waals surface area contributed by atoms with Crippen molar-refractivity contribution >= 4 is 36.9 Å². The van der Waals surface area contributed by atoms with Crippen LogP contribution in [0.25, 0.3) is 11.2 Å². The average molecular weight is 845 g/mol. The van der Waals surface area contributed by atoms with Gasteiger partial charge in [-0.05, 0) is 62.9 Å². The highest BCUT2D eigenvalue weighted by Gasteiger charge is 2.54. The monoisotopic (exact) mass is 844 g/mol. The third-order valence-electron chi connectivity index (χ3n) is 9.25. The van der Waals surface area contributed by atoms with Gasteiger partial charge < -0.3 is 29.2 Å². The number of benzene rings is 2. The van der Waals surface area contributed by atoms with E-state index >= 15 is 0 Å². The first-order valence-corrected chi connectivity index (χ1v) is 20.8. The molecule has 1 aliphatic rings. The molecular weight excluding hydrogens is 796 g/mol. The number of carbonyl (C=O) groups excluding carboxylic acids is 2. The van der Waals surface area contributed by atoms with E-state index in [-0.39, 0.29) is 34.7 Å². The molecular formula is C40H48F3N6O9P. The van der Waals surface area contributed by atoms with Crippen LogP contribution in [-0.4, -0.2) is 68.2 Å². The van der Waals surface area contributed by atoms with E-state index in [1.165, 1.54) is 23.0 Å². The van der Waals surface area contributed by atoms with Gasteiger partial charge in [0.05, 0.1) is 12.4 Å². The van der Waals surface area contributed by atoms with Crippen LogP contribution in [0, 0.1) is 30.1 Å². The van der Waals surface area contributed by atoms with E-state index in [1.807, 2.05) is 13.8 Å². The van der Waals surface area contributed by atoms with E-state index < -0.39 is 86.8 Å². The number of terminal acetylenes is 1. The molecule has 0 spiro atoms. The maximum atomic E-state index is 14.9. The first-order valence-electron chi connectivity index (χ1n) is 19.3. The quantitative estimate of drug-likeness (QED) is 0.0380. The highest BCUT2D eigenvalue weighted by Crippen LogP contribution is 2.49. The Bertz CT molecular complexity index is 2130. The van der Waals surface area contributed by atoms with Crippen molar-refractivity contribution in [2.24, 2.45) is 0 Å². The Morgan fingerprint density at radius 2 is 1.75 bits per heavy atom. The maximum Gasteiger partial charge on any atom is 0.508 e. The van der Waals surface area contributed by atoms with Crippen LogP contribution in [0.5, 0.6) is 5.75 Å². The molecule has 5 rings (SSSR count). The summed E-state index contributed by atoms with van der Waals surface area (Å²) in [6.45, 7) is 6.38. The van der Waals surface area contributed by atoms with Crippen LogP contribution in [0.1, 0.15) is 84.4 Å². The summed E-state index contributed by atoms with van der Waals surface area (Å²) in [5.74, 6) is -0.490. The number of nitrogen functional groups attached to an aromatic ring is 1. The summed E-state index contributed by atoms with van der Waals surface area (Å²) in [6, 6.07) is 8.89. The zero-order chi connectivity index (χ0) is 42.7. The number of nitrogens with two attached hydrogens (primary N) is 1. The van der Waals surface area contributed by atoms with Crippen molar-refractivity contribution in [2.75, 3.05) is 12.3 Å². The Balaban J connectivity index is 1.51. The van der Waals surface area contributed by atoms with Crippen molar-refractivity contribution in [1.82, 2.24) is 24.6 Å². The maximum absolute atomic E-state index is 14.9. The van der Waals surface area contributed by atoms with Crippen LogP contribution in [0.2, 0.25) is 0 Å². The van der Waals surface area contributed by atoms with Gasteiger partial charge >= 0.3 is 25.9 Å². The van der Waals surface area contributed by atoms with Crippen molar-refractivity contribution in [2.45, 2.75) is 115 Å². The number of imidazole rings is 1.